The van der Waals surface area contributed by atoms with Gasteiger partial charge in [-0.1, -0.05) is 0 Å². The van der Waals surface area contributed by atoms with Crippen molar-refractivity contribution in [2.45, 2.75) is 51.0 Å². The number of amides is 2. The predicted octanol–water partition coefficient (Wildman–Crippen LogP) is 0.553. The maximum Gasteiger partial charge on any atom is 0.242 e. The second-order valence-electron chi connectivity index (χ2n) is 6.80. The summed E-state index contributed by atoms with van der Waals surface area (Å²) in [5, 5.41) is 8.67. The van der Waals surface area contributed by atoms with Gasteiger partial charge in [0.15, 0.2) is 0 Å². The number of aromatic nitrogens is 3. The summed E-state index contributed by atoms with van der Waals surface area (Å²) < 4.78 is 2.27. The van der Waals surface area contributed by atoms with E-state index in [2.05, 4.69) is 14.8 Å². The highest BCUT2D eigenvalue weighted by Gasteiger charge is 2.31. The molecule has 2 fully saturated rings. The van der Waals surface area contributed by atoms with Crippen LogP contribution >= 0.6 is 0 Å². The van der Waals surface area contributed by atoms with Crippen LogP contribution in [0.25, 0.3) is 0 Å². The van der Waals surface area contributed by atoms with E-state index in [0.717, 1.165) is 63.5 Å². The van der Waals surface area contributed by atoms with Crippen LogP contribution < -0.4 is 0 Å². The smallest absolute Gasteiger partial charge is 0.242 e. The highest BCUT2D eigenvalue weighted by atomic mass is 16.2. The lowest BCUT2D eigenvalue weighted by atomic mass is 9.96. The van der Waals surface area contributed by atoms with Crippen LogP contribution in [-0.2, 0) is 22.6 Å². The maximum atomic E-state index is 12.4. The van der Waals surface area contributed by atoms with E-state index in [4.69, 9.17) is 0 Å². The molecule has 3 aliphatic rings. The van der Waals surface area contributed by atoms with Gasteiger partial charge in [0.1, 0.15) is 11.6 Å². The summed E-state index contributed by atoms with van der Waals surface area (Å²) in [5.74, 6) is 2.84. The fraction of sp³-hybridized carbons (Fsp3) is 0.750. The minimum absolute atomic E-state index is 0.0881. The molecule has 1 aromatic rings. The Labute approximate surface area is 135 Å². The molecule has 0 saturated carbocycles. The van der Waals surface area contributed by atoms with Crippen LogP contribution in [0.2, 0.25) is 0 Å². The number of aryl methyl sites for hydroxylation is 1. The zero-order chi connectivity index (χ0) is 15.8. The Morgan fingerprint density at radius 3 is 2.57 bits per heavy atom. The Morgan fingerprint density at radius 1 is 1.04 bits per heavy atom. The quantitative estimate of drug-likeness (QED) is 0.816. The van der Waals surface area contributed by atoms with E-state index in [1.807, 2.05) is 4.90 Å². The minimum atomic E-state index is 0.0881. The monoisotopic (exact) mass is 317 g/mol. The van der Waals surface area contributed by atoms with E-state index < -0.39 is 0 Å². The highest BCUT2D eigenvalue weighted by Crippen LogP contribution is 2.29. The van der Waals surface area contributed by atoms with E-state index in [1.165, 1.54) is 6.42 Å². The van der Waals surface area contributed by atoms with E-state index in [0.29, 0.717) is 12.3 Å². The topological polar surface area (TPSA) is 71.3 Å². The first-order chi connectivity index (χ1) is 11.2. The molecule has 2 amide bonds. The second-order valence-corrected chi connectivity index (χ2v) is 6.80. The molecule has 0 N–H and O–H groups in total. The van der Waals surface area contributed by atoms with Crippen LogP contribution in [0.5, 0.6) is 0 Å². The zero-order valence-electron chi connectivity index (χ0n) is 13.4. The highest BCUT2D eigenvalue weighted by molar-refractivity contribution is 5.85. The van der Waals surface area contributed by atoms with Crippen LogP contribution in [0, 0.1) is 0 Å². The van der Waals surface area contributed by atoms with Crippen molar-refractivity contribution >= 4 is 11.8 Å². The van der Waals surface area contributed by atoms with Crippen molar-refractivity contribution in [1.29, 1.82) is 0 Å². The summed E-state index contributed by atoms with van der Waals surface area (Å²) in [6.45, 7) is 3.53. The molecular weight excluding hydrogens is 294 g/mol. The van der Waals surface area contributed by atoms with Gasteiger partial charge in [0.05, 0.1) is 6.54 Å². The van der Waals surface area contributed by atoms with Crippen LogP contribution in [0.1, 0.15) is 49.7 Å². The third kappa shape index (κ3) is 2.72. The van der Waals surface area contributed by atoms with Gasteiger partial charge in [0.25, 0.3) is 0 Å². The molecule has 0 atom stereocenters. The van der Waals surface area contributed by atoms with E-state index in [1.54, 1.807) is 4.90 Å². The number of likely N-dealkylation sites (tertiary alicyclic amines) is 2. The Morgan fingerprint density at radius 2 is 1.83 bits per heavy atom. The predicted molar refractivity (Wildman–Crippen MR) is 82.7 cm³/mol. The van der Waals surface area contributed by atoms with Crippen molar-refractivity contribution in [3.05, 3.63) is 11.6 Å². The lowest BCUT2D eigenvalue weighted by Crippen LogP contribution is -2.44. The van der Waals surface area contributed by atoms with E-state index in [-0.39, 0.29) is 18.4 Å². The van der Waals surface area contributed by atoms with Crippen molar-refractivity contribution < 1.29 is 9.59 Å². The summed E-state index contributed by atoms with van der Waals surface area (Å²) in [4.78, 5) is 27.6. The normalized spacial score (nSPS) is 22.0. The van der Waals surface area contributed by atoms with Crippen molar-refractivity contribution in [2.24, 2.45) is 0 Å². The number of hydrogen-bond acceptors (Lipinski definition) is 4. The van der Waals surface area contributed by atoms with Gasteiger partial charge in [0.2, 0.25) is 11.8 Å². The van der Waals surface area contributed by atoms with Gasteiger partial charge in [0, 0.05) is 44.9 Å². The third-order valence-electron chi connectivity index (χ3n) is 5.35. The van der Waals surface area contributed by atoms with Crippen molar-refractivity contribution in [1.82, 2.24) is 24.6 Å². The first-order valence-corrected chi connectivity index (χ1v) is 8.70. The molecule has 0 spiro atoms. The van der Waals surface area contributed by atoms with Gasteiger partial charge >= 0.3 is 0 Å². The SMILES string of the molecule is O=C(CN1CCCC1=O)N1CCC(c2nnc3n2CCC3)CC1. The Hall–Kier alpha value is -1.92. The maximum absolute atomic E-state index is 12.4. The average molecular weight is 317 g/mol. The molecule has 3 aliphatic heterocycles. The summed E-state index contributed by atoms with van der Waals surface area (Å²) in [5.41, 5.74) is 0. The number of piperidine rings is 1. The van der Waals surface area contributed by atoms with E-state index >= 15 is 0 Å². The lowest BCUT2D eigenvalue weighted by molar-refractivity contribution is -0.139. The molecule has 0 aliphatic carbocycles. The molecule has 4 rings (SSSR count). The van der Waals surface area contributed by atoms with Crippen LogP contribution in [-0.4, -0.2) is 62.6 Å². The summed E-state index contributed by atoms with van der Waals surface area (Å²) >= 11 is 0. The molecule has 7 nitrogen and oxygen atoms in total. The summed E-state index contributed by atoms with van der Waals surface area (Å²) in [7, 11) is 0. The van der Waals surface area contributed by atoms with Gasteiger partial charge < -0.3 is 14.4 Å². The summed E-state index contributed by atoms with van der Waals surface area (Å²) in [6, 6.07) is 0. The number of fused-ring (bicyclic) bond motifs is 1. The molecule has 2 saturated heterocycles. The van der Waals surface area contributed by atoms with Crippen molar-refractivity contribution in [3.8, 4) is 0 Å². The van der Waals surface area contributed by atoms with Gasteiger partial charge in [-0.2, -0.15) is 0 Å². The Bertz CT molecular complexity index is 618. The second kappa shape index (κ2) is 5.94. The standard InChI is InChI=1S/C16H23N5O2/c22-14-4-2-7-20(14)11-15(23)19-9-5-12(6-10-19)16-18-17-13-3-1-8-21(13)16/h12H,1-11H2. The fourth-order valence-electron chi connectivity index (χ4n) is 4.00. The molecule has 7 heteroatoms. The van der Waals surface area contributed by atoms with Gasteiger partial charge in [-0.25, -0.2) is 0 Å². The van der Waals surface area contributed by atoms with Crippen LogP contribution in [0.15, 0.2) is 0 Å². The first-order valence-electron chi connectivity index (χ1n) is 8.70. The molecule has 0 unspecified atom stereocenters. The molecule has 0 bridgehead atoms. The number of rotatable bonds is 3. The van der Waals surface area contributed by atoms with Gasteiger partial charge in [-0.3, -0.25) is 9.59 Å². The molecule has 4 heterocycles. The minimum Gasteiger partial charge on any atom is -0.341 e. The van der Waals surface area contributed by atoms with Gasteiger partial charge in [-0.15, -0.1) is 10.2 Å². The van der Waals surface area contributed by atoms with Crippen LogP contribution in [0.4, 0.5) is 0 Å². The molecule has 124 valence electrons. The number of hydrogen-bond donors (Lipinski definition) is 0. The first kappa shape index (κ1) is 14.7. The third-order valence-corrected chi connectivity index (χ3v) is 5.35. The van der Waals surface area contributed by atoms with E-state index in [9.17, 15) is 9.59 Å². The zero-order valence-corrected chi connectivity index (χ0v) is 13.4. The van der Waals surface area contributed by atoms with Crippen LogP contribution in [0.3, 0.4) is 0 Å². The van der Waals surface area contributed by atoms with Gasteiger partial charge in [-0.05, 0) is 25.7 Å². The Kier molecular flexibility index (Phi) is 3.79. The fourth-order valence-corrected chi connectivity index (χ4v) is 4.00. The molecule has 1 aromatic heterocycles. The van der Waals surface area contributed by atoms with Crippen molar-refractivity contribution in [3.63, 3.8) is 0 Å². The molecule has 23 heavy (non-hydrogen) atoms. The number of carbonyl (C=O) groups excluding carboxylic acids is 2. The number of nitrogens with zero attached hydrogens (tertiary/aromatic N) is 5. The number of carbonyl (C=O) groups is 2. The molecule has 0 aromatic carbocycles. The lowest BCUT2D eigenvalue weighted by Gasteiger charge is -2.32. The van der Waals surface area contributed by atoms with Crippen molar-refractivity contribution in [2.75, 3.05) is 26.2 Å². The molecular formula is C16H23N5O2. The Balaban J connectivity index is 1.33. The molecule has 0 radical (unpaired) electrons. The largest absolute Gasteiger partial charge is 0.341 e. The average Bonchev–Trinajstić information content (AvgIpc) is 3.25. The summed E-state index contributed by atoms with van der Waals surface area (Å²) in [6.07, 6.45) is 5.56.